The third-order valence-corrected chi connectivity index (χ3v) is 4.30. The first kappa shape index (κ1) is 18.2. The van der Waals surface area contributed by atoms with Gasteiger partial charge in [0.1, 0.15) is 12.4 Å². The molecule has 2 atom stereocenters. The Hall–Kier alpha value is -2.61. The van der Waals surface area contributed by atoms with E-state index in [4.69, 9.17) is 14.2 Å². The van der Waals surface area contributed by atoms with Crippen LogP contribution in [0.2, 0.25) is 0 Å². The van der Waals surface area contributed by atoms with E-state index in [9.17, 15) is 14.4 Å². The first-order valence-electron chi connectivity index (χ1n) is 8.69. The monoisotopic (exact) mass is 362 g/mol. The number of hydrogen-bond donors (Lipinski definition) is 1. The molecule has 0 radical (unpaired) electrons. The van der Waals surface area contributed by atoms with Crippen LogP contribution < -0.4 is 10.1 Å². The minimum atomic E-state index is -1.04. The maximum absolute atomic E-state index is 12.2. The zero-order valence-corrected chi connectivity index (χ0v) is 14.6. The first-order chi connectivity index (χ1) is 12.5. The molecule has 140 valence electrons. The van der Waals surface area contributed by atoms with Gasteiger partial charge in [-0.2, -0.15) is 0 Å². The van der Waals surface area contributed by atoms with Gasteiger partial charge in [-0.25, -0.2) is 9.59 Å². The number of rotatable bonds is 6. The van der Waals surface area contributed by atoms with Crippen molar-refractivity contribution in [3.63, 3.8) is 0 Å². The molecule has 8 nitrogen and oxygen atoms in total. The highest BCUT2D eigenvalue weighted by atomic mass is 16.5. The van der Waals surface area contributed by atoms with E-state index in [0.29, 0.717) is 24.5 Å². The molecule has 0 aromatic heterocycles. The molecule has 2 fully saturated rings. The first-order valence-corrected chi connectivity index (χ1v) is 8.69. The fraction of sp³-hybridized carbons (Fsp3) is 0.500. The zero-order valence-electron chi connectivity index (χ0n) is 14.6. The number of carbonyl (C=O) groups excluding carboxylic acids is 3. The largest absolute Gasteiger partial charge is 0.491 e. The molecule has 2 aliphatic heterocycles. The van der Waals surface area contributed by atoms with Gasteiger partial charge >= 0.3 is 12.0 Å². The van der Waals surface area contributed by atoms with Gasteiger partial charge < -0.3 is 19.5 Å². The molecule has 0 unspecified atom stereocenters. The minimum absolute atomic E-state index is 0.120. The van der Waals surface area contributed by atoms with Crippen molar-refractivity contribution in [1.82, 2.24) is 10.2 Å². The summed E-state index contributed by atoms with van der Waals surface area (Å²) in [6, 6.07) is 6.03. The summed E-state index contributed by atoms with van der Waals surface area (Å²) in [5.41, 5.74) is 0.306. The Morgan fingerprint density at radius 1 is 1.35 bits per heavy atom. The van der Waals surface area contributed by atoms with Crippen LogP contribution >= 0.6 is 0 Å². The average molecular weight is 362 g/mol. The number of ether oxygens (including phenoxy) is 3. The van der Waals surface area contributed by atoms with E-state index in [0.717, 1.165) is 24.3 Å². The van der Waals surface area contributed by atoms with Crippen molar-refractivity contribution in [3.8, 4) is 5.75 Å². The second-order valence-electron chi connectivity index (χ2n) is 6.24. The van der Waals surface area contributed by atoms with Crippen molar-refractivity contribution in [2.45, 2.75) is 32.0 Å². The van der Waals surface area contributed by atoms with Gasteiger partial charge in [0.15, 0.2) is 6.10 Å². The summed E-state index contributed by atoms with van der Waals surface area (Å²) in [5.74, 6) is -0.532. The molecule has 3 rings (SSSR count). The maximum atomic E-state index is 12.2. The number of imide groups is 1. The molecule has 1 aromatic carbocycles. The lowest BCUT2D eigenvalue weighted by Crippen LogP contribution is -2.41. The lowest BCUT2D eigenvalue weighted by molar-refractivity contribution is -0.136. The van der Waals surface area contributed by atoms with Gasteiger partial charge in [-0.15, -0.1) is 0 Å². The van der Waals surface area contributed by atoms with E-state index in [2.05, 4.69) is 5.32 Å². The lowest BCUT2D eigenvalue weighted by atomic mass is 10.2. The number of benzene rings is 1. The standard InChI is InChI=1S/C18H22N2O6/c1-12(16(21)20-9-8-19-18(20)23)26-17(22)13-4-6-14(7-5-13)25-11-15-3-2-10-24-15/h4-7,12,15H,2-3,8-11H2,1H3,(H,19,23)/t12-,15-/m0/s1. The number of nitrogens with zero attached hydrogens (tertiary/aromatic N) is 1. The van der Waals surface area contributed by atoms with Crippen molar-refractivity contribution < 1.29 is 28.6 Å². The molecule has 1 N–H and O–H groups in total. The molecule has 2 aliphatic rings. The van der Waals surface area contributed by atoms with Crippen LogP contribution in [0.5, 0.6) is 5.75 Å². The molecule has 0 aliphatic carbocycles. The Bertz CT molecular complexity index is 669. The predicted octanol–water partition coefficient (Wildman–Crippen LogP) is 1.34. The van der Waals surface area contributed by atoms with E-state index in [1.165, 1.54) is 6.92 Å². The van der Waals surface area contributed by atoms with E-state index in [1.807, 2.05) is 0 Å². The summed E-state index contributed by atoms with van der Waals surface area (Å²) in [5, 5.41) is 2.53. The third-order valence-electron chi connectivity index (χ3n) is 4.30. The van der Waals surface area contributed by atoms with Crippen LogP contribution in [-0.4, -0.2) is 61.3 Å². The summed E-state index contributed by atoms with van der Waals surface area (Å²) in [6.45, 7) is 3.38. The van der Waals surface area contributed by atoms with Gasteiger partial charge in [-0.1, -0.05) is 0 Å². The number of carbonyl (C=O) groups is 3. The molecule has 1 aromatic rings. The van der Waals surface area contributed by atoms with Gasteiger partial charge in [0, 0.05) is 19.7 Å². The number of nitrogens with one attached hydrogen (secondary N) is 1. The second-order valence-corrected chi connectivity index (χ2v) is 6.24. The average Bonchev–Trinajstić information content (AvgIpc) is 3.31. The van der Waals surface area contributed by atoms with Gasteiger partial charge in [0.2, 0.25) is 0 Å². The van der Waals surface area contributed by atoms with Crippen LogP contribution in [0, 0.1) is 0 Å². The number of hydrogen-bond acceptors (Lipinski definition) is 6. The molecular formula is C18H22N2O6. The number of urea groups is 1. The van der Waals surface area contributed by atoms with E-state index >= 15 is 0 Å². The van der Waals surface area contributed by atoms with Crippen LogP contribution in [0.4, 0.5) is 4.79 Å². The smallest absolute Gasteiger partial charge is 0.338 e. The van der Waals surface area contributed by atoms with Gasteiger partial charge in [-0.05, 0) is 44.0 Å². The Morgan fingerprint density at radius 3 is 2.73 bits per heavy atom. The quantitative estimate of drug-likeness (QED) is 0.768. The Morgan fingerprint density at radius 2 is 2.12 bits per heavy atom. The maximum Gasteiger partial charge on any atom is 0.338 e. The summed E-state index contributed by atoms with van der Waals surface area (Å²) >= 11 is 0. The van der Waals surface area contributed by atoms with Crippen LogP contribution in [0.1, 0.15) is 30.1 Å². The fourth-order valence-corrected chi connectivity index (χ4v) is 2.83. The van der Waals surface area contributed by atoms with Crippen LogP contribution in [0.3, 0.4) is 0 Å². The van der Waals surface area contributed by atoms with Crippen LogP contribution in [0.15, 0.2) is 24.3 Å². The van der Waals surface area contributed by atoms with Gasteiger partial charge in [0.25, 0.3) is 5.91 Å². The van der Waals surface area contributed by atoms with Crippen molar-refractivity contribution in [1.29, 1.82) is 0 Å². The van der Waals surface area contributed by atoms with E-state index < -0.39 is 24.0 Å². The predicted molar refractivity (Wildman–Crippen MR) is 90.9 cm³/mol. The molecule has 8 heteroatoms. The topological polar surface area (TPSA) is 94.2 Å². The molecule has 2 saturated heterocycles. The highest BCUT2D eigenvalue weighted by Crippen LogP contribution is 2.17. The molecular weight excluding hydrogens is 340 g/mol. The Kier molecular flexibility index (Phi) is 5.72. The normalized spacial score (nSPS) is 20.6. The minimum Gasteiger partial charge on any atom is -0.491 e. The van der Waals surface area contributed by atoms with Crippen LogP contribution in [0.25, 0.3) is 0 Å². The van der Waals surface area contributed by atoms with E-state index in [-0.39, 0.29) is 12.6 Å². The van der Waals surface area contributed by atoms with Crippen molar-refractivity contribution in [2.75, 3.05) is 26.3 Å². The lowest BCUT2D eigenvalue weighted by Gasteiger charge is -2.18. The van der Waals surface area contributed by atoms with Crippen molar-refractivity contribution >= 4 is 17.9 Å². The van der Waals surface area contributed by atoms with Gasteiger partial charge in [-0.3, -0.25) is 9.69 Å². The summed E-state index contributed by atoms with van der Waals surface area (Å²) < 4.78 is 16.3. The molecule has 0 bridgehead atoms. The molecule has 2 heterocycles. The third kappa shape index (κ3) is 4.32. The van der Waals surface area contributed by atoms with Gasteiger partial charge in [0.05, 0.1) is 11.7 Å². The summed E-state index contributed by atoms with van der Waals surface area (Å²) in [6.07, 6.45) is 1.12. The van der Waals surface area contributed by atoms with Crippen LogP contribution in [-0.2, 0) is 14.3 Å². The fourth-order valence-electron chi connectivity index (χ4n) is 2.83. The number of amides is 3. The second kappa shape index (κ2) is 8.18. The molecule has 3 amide bonds. The Labute approximate surface area is 151 Å². The highest BCUT2D eigenvalue weighted by molar-refractivity contribution is 5.99. The van der Waals surface area contributed by atoms with Crippen molar-refractivity contribution in [2.24, 2.45) is 0 Å². The molecule has 0 saturated carbocycles. The zero-order chi connectivity index (χ0) is 18.5. The SMILES string of the molecule is C[C@H](OC(=O)c1ccc(OC[C@@H]2CCCO2)cc1)C(=O)N1CCNC1=O. The van der Waals surface area contributed by atoms with Crippen molar-refractivity contribution in [3.05, 3.63) is 29.8 Å². The highest BCUT2D eigenvalue weighted by Gasteiger charge is 2.31. The Balaban J connectivity index is 1.50. The summed E-state index contributed by atoms with van der Waals surface area (Å²) in [4.78, 5) is 36.9. The number of esters is 1. The molecule has 26 heavy (non-hydrogen) atoms. The van der Waals surface area contributed by atoms with E-state index in [1.54, 1.807) is 24.3 Å². The molecule has 0 spiro atoms. The summed E-state index contributed by atoms with van der Waals surface area (Å²) in [7, 11) is 0.